The van der Waals surface area contributed by atoms with Gasteiger partial charge in [-0.15, -0.1) is 0 Å². The van der Waals surface area contributed by atoms with Crippen LogP contribution in [0.2, 0.25) is 5.02 Å². The number of rotatable bonds is 6. The number of ether oxygens (including phenoxy) is 1. The topological polar surface area (TPSA) is 81.5 Å². The minimum Gasteiger partial charge on any atom is -0.465 e. The lowest BCUT2D eigenvalue weighted by Crippen LogP contribution is -2.34. The number of carbonyl (C=O) groups excluding carboxylic acids is 1. The molecule has 1 heterocycles. The van der Waals surface area contributed by atoms with Crippen molar-refractivity contribution < 1.29 is 17.9 Å². The summed E-state index contributed by atoms with van der Waals surface area (Å²) in [5, 5.41) is 4.51. The van der Waals surface area contributed by atoms with Gasteiger partial charge in [-0.05, 0) is 38.3 Å². The summed E-state index contributed by atoms with van der Waals surface area (Å²) < 4.78 is 34.3. The van der Waals surface area contributed by atoms with Gasteiger partial charge >= 0.3 is 5.97 Å². The van der Waals surface area contributed by atoms with Gasteiger partial charge in [-0.2, -0.15) is 9.40 Å². The molecule has 7 nitrogen and oxygen atoms in total. The molecule has 0 spiro atoms. The van der Waals surface area contributed by atoms with Crippen molar-refractivity contribution in [3.63, 3.8) is 0 Å². The third-order valence-corrected chi connectivity index (χ3v) is 7.35. The fourth-order valence-electron chi connectivity index (χ4n) is 3.58. The third-order valence-electron chi connectivity index (χ3n) is 5.00. The highest BCUT2D eigenvalue weighted by Gasteiger charge is 2.35. The predicted octanol–water partition coefficient (Wildman–Crippen LogP) is 1.06. The van der Waals surface area contributed by atoms with Crippen molar-refractivity contribution in [3.8, 4) is 0 Å². The molecule has 2 aromatic rings. The number of esters is 1. The molecule has 1 aromatic heterocycles. The van der Waals surface area contributed by atoms with Crippen LogP contribution in [0.15, 0.2) is 29.3 Å². The highest BCUT2D eigenvalue weighted by molar-refractivity contribution is 7.89. The Kier molecular flexibility index (Phi) is 6.17. The van der Waals surface area contributed by atoms with E-state index >= 15 is 0 Å². The number of sulfonamides is 1. The fraction of sp³-hybridized carbons (Fsp3) is 0.444. The summed E-state index contributed by atoms with van der Waals surface area (Å²) in [6.45, 7) is 2.09. The molecule has 0 saturated carbocycles. The summed E-state index contributed by atoms with van der Waals surface area (Å²) >= 11 is 6.21. The number of aromatic nitrogens is 2. The first kappa shape index (κ1) is 20.9. The van der Waals surface area contributed by atoms with Gasteiger partial charge in [-0.25, -0.2) is 8.42 Å². The SMILES string of the molecule is Bc1ccc(S(=O)(=O)N(C)[C@@H]2CCCc3c2cnn3CC(=O)OCC)c(Cl)c1. The minimum absolute atomic E-state index is 0.0240. The molecule has 0 fully saturated rings. The van der Waals surface area contributed by atoms with E-state index in [2.05, 4.69) is 5.10 Å². The third kappa shape index (κ3) is 3.97. The highest BCUT2D eigenvalue weighted by atomic mass is 35.5. The van der Waals surface area contributed by atoms with E-state index in [1.165, 1.54) is 10.4 Å². The first-order valence-corrected chi connectivity index (χ1v) is 11.0. The van der Waals surface area contributed by atoms with E-state index in [4.69, 9.17) is 16.3 Å². The van der Waals surface area contributed by atoms with Gasteiger partial charge in [0.15, 0.2) is 0 Å². The zero-order valence-corrected chi connectivity index (χ0v) is 17.8. The van der Waals surface area contributed by atoms with Gasteiger partial charge in [0.1, 0.15) is 19.3 Å². The smallest absolute Gasteiger partial charge is 0.327 e. The molecule has 0 bridgehead atoms. The lowest BCUT2D eigenvalue weighted by molar-refractivity contribution is -0.144. The quantitative estimate of drug-likeness (QED) is 0.512. The summed E-state index contributed by atoms with van der Waals surface area (Å²) in [7, 11) is -0.356. The maximum Gasteiger partial charge on any atom is 0.327 e. The van der Waals surface area contributed by atoms with Crippen LogP contribution in [0.5, 0.6) is 0 Å². The Morgan fingerprint density at radius 3 is 2.89 bits per heavy atom. The van der Waals surface area contributed by atoms with Crippen LogP contribution in [-0.4, -0.2) is 50.0 Å². The van der Waals surface area contributed by atoms with E-state index in [9.17, 15) is 13.2 Å². The van der Waals surface area contributed by atoms with Crippen molar-refractivity contribution >= 4 is 40.9 Å². The Bertz CT molecular complexity index is 993. The Morgan fingerprint density at radius 2 is 2.21 bits per heavy atom. The van der Waals surface area contributed by atoms with Gasteiger partial charge in [-0.3, -0.25) is 9.48 Å². The van der Waals surface area contributed by atoms with E-state index < -0.39 is 10.0 Å². The van der Waals surface area contributed by atoms with Crippen LogP contribution in [0.1, 0.15) is 37.1 Å². The van der Waals surface area contributed by atoms with Crippen LogP contribution in [0.4, 0.5) is 0 Å². The predicted molar refractivity (Wildman–Crippen MR) is 109 cm³/mol. The van der Waals surface area contributed by atoms with E-state index in [0.29, 0.717) is 13.0 Å². The molecule has 3 rings (SSSR count). The molecule has 28 heavy (non-hydrogen) atoms. The molecular weight excluding hydrogens is 401 g/mol. The number of hydrogen-bond acceptors (Lipinski definition) is 5. The van der Waals surface area contributed by atoms with Gasteiger partial charge in [-0.1, -0.05) is 23.1 Å². The Morgan fingerprint density at radius 1 is 1.46 bits per heavy atom. The van der Waals surface area contributed by atoms with E-state index in [1.54, 1.807) is 37.0 Å². The average molecular weight is 424 g/mol. The molecule has 10 heteroatoms. The van der Waals surface area contributed by atoms with Crippen molar-refractivity contribution in [2.45, 2.75) is 43.7 Å². The molecule has 0 saturated heterocycles. The van der Waals surface area contributed by atoms with Crippen LogP contribution < -0.4 is 5.46 Å². The first-order valence-electron chi connectivity index (χ1n) is 9.20. The van der Waals surface area contributed by atoms with Crippen molar-refractivity contribution in [2.75, 3.05) is 13.7 Å². The average Bonchev–Trinajstić information content (AvgIpc) is 3.04. The minimum atomic E-state index is -3.78. The highest BCUT2D eigenvalue weighted by Crippen LogP contribution is 2.37. The lowest BCUT2D eigenvalue weighted by atomic mass is 9.93. The molecule has 0 radical (unpaired) electrons. The number of hydrogen-bond donors (Lipinski definition) is 0. The van der Waals surface area contributed by atoms with E-state index in [-0.39, 0.29) is 28.5 Å². The lowest BCUT2D eigenvalue weighted by Gasteiger charge is -2.31. The zero-order chi connectivity index (χ0) is 20.5. The molecule has 0 aliphatic heterocycles. The van der Waals surface area contributed by atoms with Gasteiger partial charge in [0.2, 0.25) is 10.0 Å². The van der Waals surface area contributed by atoms with Crippen molar-refractivity contribution in [1.82, 2.24) is 14.1 Å². The summed E-state index contributed by atoms with van der Waals surface area (Å²) in [6, 6.07) is 4.56. The Labute approximate surface area is 171 Å². The number of benzene rings is 1. The normalized spacial score (nSPS) is 16.8. The maximum absolute atomic E-state index is 13.2. The molecule has 0 amide bonds. The second kappa shape index (κ2) is 8.27. The van der Waals surface area contributed by atoms with Crippen molar-refractivity contribution in [2.24, 2.45) is 0 Å². The molecule has 1 atom stereocenters. The van der Waals surface area contributed by atoms with Crippen LogP contribution in [0.25, 0.3) is 0 Å². The Hall–Kier alpha value is -1.84. The first-order chi connectivity index (χ1) is 13.3. The summed E-state index contributed by atoms with van der Waals surface area (Å²) in [4.78, 5) is 11.9. The molecule has 0 unspecified atom stereocenters. The molecule has 150 valence electrons. The molecule has 1 aliphatic carbocycles. The summed E-state index contributed by atoms with van der Waals surface area (Å²) in [6.07, 6.45) is 3.87. The molecule has 1 aromatic carbocycles. The van der Waals surface area contributed by atoms with E-state index in [1.807, 2.05) is 7.85 Å². The number of halogens is 1. The van der Waals surface area contributed by atoms with Crippen LogP contribution in [-0.2, 0) is 32.5 Å². The summed E-state index contributed by atoms with van der Waals surface area (Å²) in [5.74, 6) is -0.358. The zero-order valence-electron chi connectivity index (χ0n) is 16.2. The number of fused-ring (bicyclic) bond motifs is 1. The number of nitrogens with zero attached hydrogens (tertiary/aromatic N) is 3. The summed E-state index contributed by atoms with van der Waals surface area (Å²) in [5.41, 5.74) is 2.60. The largest absolute Gasteiger partial charge is 0.465 e. The van der Waals surface area contributed by atoms with Crippen molar-refractivity contribution in [1.29, 1.82) is 0 Å². The van der Waals surface area contributed by atoms with Crippen LogP contribution in [0, 0.1) is 0 Å². The maximum atomic E-state index is 13.2. The second-order valence-corrected chi connectivity index (χ2v) is 9.25. The van der Waals surface area contributed by atoms with Crippen LogP contribution in [0.3, 0.4) is 0 Å². The number of carbonyl (C=O) groups is 1. The fourth-order valence-corrected chi connectivity index (χ4v) is 5.51. The monoisotopic (exact) mass is 423 g/mol. The second-order valence-electron chi connectivity index (χ2n) is 6.87. The molecular formula is C18H23BClN3O4S. The molecule has 1 aliphatic rings. The van der Waals surface area contributed by atoms with E-state index in [0.717, 1.165) is 29.6 Å². The van der Waals surface area contributed by atoms with Crippen molar-refractivity contribution in [3.05, 3.63) is 40.7 Å². The van der Waals surface area contributed by atoms with Gasteiger partial charge < -0.3 is 4.74 Å². The van der Waals surface area contributed by atoms with Gasteiger partial charge in [0.05, 0.1) is 23.9 Å². The standard InChI is InChI=1S/C18H23BClN3O4S/c1-3-27-18(24)11-23-16-6-4-5-15(13(16)10-21-23)22(2)28(25,26)17-8-7-12(19)9-14(17)20/h7-10,15H,3-6,11,19H2,1-2H3/t15-/m1/s1. The van der Waals surface area contributed by atoms with Gasteiger partial charge in [0.25, 0.3) is 0 Å². The Balaban J connectivity index is 1.91. The molecule has 0 N–H and O–H groups in total. The van der Waals surface area contributed by atoms with Crippen LogP contribution >= 0.6 is 11.6 Å². The van der Waals surface area contributed by atoms with Gasteiger partial charge in [0, 0.05) is 18.3 Å².